The number of esters is 1. The molecule has 126 valence electrons. The van der Waals surface area contributed by atoms with Gasteiger partial charge in [-0.05, 0) is 49.6 Å². The van der Waals surface area contributed by atoms with Crippen molar-refractivity contribution in [1.29, 1.82) is 0 Å². The summed E-state index contributed by atoms with van der Waals surface area (Å²) in [5, 5.41) is 0. The van der Waals surface area contributed by atoms with E-state index in [1.165, 1.54) is 5.56 Å². The largest absolute Gasteiger partial charge is 0.481 e. The van der Waals surface area contributed by atoms with Crippen LogP contribution in [0, 0.1) is 0 Å². The zero-order chi connectivity index (χ0) is 17.4. The minimum Gasteiger partial charge on any atom is -0.481 e. The first-order chi connectivity index (χ1) is 11.5. The molecular weight excluding hydrogens is 306 g/mol. The second kappa shape index (κ2) is 8.72. The van der Waals surface area contributed by atoms with Crippen LogP contribution in [0.1, 0.15) is 25.3 Å². The highest BCUT2D eigenvalue weighted by molar-refractivity contribution is 5.78. The van der Waals surface area contributed by atoms with E-state index in [1.807, 2.05) is 30.3 Å². The van der Waals surface area contributed by atoms with Gasteiger partial charge in [-0.2, -0.15) is 0 Å². The lowest BCUT2D eigenvalue weighted by Gasteiger charge is -2.11. The zero-order valence-electron chi connectivity index (χ0n) is 13.6. The predicted octanol–water partition coefficient (Wildman–Crippen LogP) is 2.87. The molecule has 0 aliphatic carbocycles. The van der Waals surface area contributed by atoms with Crippen molar-refractivity contribution in [1.82, 2.24) is 0 Å². The molecule has 0 saturated heterocycles. The molecular formula is C19H21NO4. The van der Waals surface area contributed by atoms with Gasteiger partial charge in [-0.1, -0.05) is 30.3 Å². The Kier molecular flexibility index (Phi) is 6.37. The number of hydrogen-bond donors (Lipinski definition) is 1. The summed E-state index contributed by atoms with van der Waals surface area (Å²) in [6.07, 6.45) is 1.22. The molecule has 1 amide bonds. The van der Waals surface area contributed by atoms with Crippen LogP contribution in [0.3, 0.4) is 0 Å². The number of nitrogens with two attached hydrogens (primary N) is 1. The standard InChI is InChI=1S/C19H21NO4/c1-14(19(20)22)23-16-10-12-17(13-11-16)24-18(21)9-5-8-15-6-3-2-4-7-15/h2-4,6-7,10-14H,5,8-9H2,1H3,(H2,20,22)/t14-/m0/s1. The smallest absolute Gasteiger partial charge is 0.311 e. The molecule has 0 fully saturated rings. The number of carbonyl (C=O) groups excluding carboxylic acids is 2. The van der Waals surface area contributed by atoms with Crippen molar-refractivity contribution in [2.75, 3.05) is 0 Å². The average molecular weight is 327 g/mol. The monoisotopic (exact) mass is 327 g/mol. The van der Waals surface area contributed by atoms with E-state index < -0.39 is 12.0 Å². The van der Waals surface area contributed by atoms with Crippen molar-refractivity contribution in [2.45, 2.75) is 32.3 Å². The number of ether oxygens (including phenoxy) is 2. The van der Waals surface area contributed by atoms with Crippen LogP contribution in [-0.2, 0) is 16.0 Å². The van der Waals surface area contributed by atoms with E-state index in [1.54, 1.807) is 31.2 Å². The summed E-state index contributed by atoms with van der Waals surface area (Å²) in [4.78, 5) is 22.8. The lowest BCUT2D eigenvalue weighted by molar-refractivity contribution is -0.134. The minimum absolute atomic E-state index is 0.273. The van der Waals surface area contributed by atoms with Gasteiger partial charge in [0.15, 0.2) is 6.10 Å². The van der Waals surface area contributed by atoms with Crippen LogP contribution in [0.25, 0.3) is 0 Å². The van der Waals surface area contributed by atoms with E-state index in [9.17, 15) is 9.59 Å². The first kappa shape index (κ1) is 17.5. The molecule has 0 heterocycles. The Bertz CT molecular complexity index is 668. The number of amides is 1. The van der Waals surface area contributed by atoms with Crippen LogP contribution in [-0.4, -0.2) is 18.0 Å². The summed E-state index contributed by atoms with van der Waals surface area (Å²) < 4.78 is 10.6. The summed E-state index contributed by atoms with van der Waals surface area (Å²) in [6.45, 7) is 1.57. The van der Waals surface area contributed by atoms with Crippen LogP contribution in [0.15, 0.2) is 54.6 Å². The summed E-state index contributed by atoms with van der Waals surface area (Å²) in [5.74, 6) is 0.123. The normalized spacial score (nSPS) is 11.5. The maximum Gasteiger partial charge on any atom is 0.311 e. The fourth-order valence-corrected chi connectivity index (χ4v) is 2.11. The third-order valence-corrected chi connectivity index (χ3v) is 3.46. The van der Waals surface area contributed by atoms with Gasteiger partial charge in [-0.3, -0.25) is 9.59 Å². The molecule has 0 bridgehead atoms. The molecule has 0 radical (unpaired) electrons. The number of benzene rings is 2. The fourth-order valence-electron chi connectivity index (χ4n) is 2.11. The molecule has 0 aliphatic heterocycles. The summed E-state index contributed by atoms with van der Waals surface area (Å²) >= 11 is 0. The zero-order valence-corrected chi connectivity index (χ0v) is 13.6. The number of aryl methyl sites for hydroxylation is 1. The van der Waals surface area contributed by atoms with Crippen molar-refractivity contribution >= 4 is 11.9 Å². The van der Waals surface area contributed by atoms with Gasteiger partial charge in [-0.15, -0.1) is 0 Å². The van der Waals surface area contributed by atoms with Crippen LogP contribution in [0.2, 0.25) is 0 Å². The van der Waals surface area contributed by atoms with E-state index in [0.717, 1.165) is 12.8 Å². The van der Waals surface area contributed by atoms with Gasteiger partial charge >= 0.3 is 5.97 Å². The highest BCUT2D eigenvalue weighted by Gasteiger charge is 2.10. The molecule has 0 aliphatic rings. The van der Waals surface area contributed by atoms with E-state index in [4.69, 9.17) is 15.2 Å². The van der Waals surface area contributed by atoms with Crippen molar-refractivity contribution < 1.29 is 19.1 Å². The number of rotatable bonds is 8. The molecule has 2 rings (SSSR count). The Hall–Kier alpha value is -2.82. The van der Waals surface area contributed by atoms with E-state index >= 15 is 0 Å². The third kappa shape index (κ3) is 5.76. The first-order valence-corrected chi connectivity index (χ1v) is 7.85. The minimum atomic E-state index is -0.712. The SMILES string of the molecule is C[C@H](Oc1ccc(OC(=O)CCCc2ccccc2)cc1)C(N)=O. The molecule has 2 N–H and O–H groups in total. The predicted molar refractivity (Wildman–Crippen MR) is 90.7 cm³/mol. The molecule has 24 heavy (non-hydrogen) atoms. The van der Waals surface area contributed by atoms with Gasteiger partial charge in [0.05, 0.1) is 0 Å². The molecule has 5 heteroatoms. The Labute approximate surface area is 141 Å². The van der Waals surface area contributed by atoms with Crippen molar-refractivity contribution in [3.8, 4) is 11.5 Å². The van der Waals surface area contributed by atoms with Gasteiger partial charge in [0.2, 0.25) is 0 Å². The van der Waals surface area contributed by atoms with E-state index in [2.05, 4.69) is 0 Å². The van der Waals surface area contributed by atoms with Crippen molar-refractivity contribution in [2.24, 2.45) is 5.73 Å². The number of hydrogen-bond acceptors (Lipinski definition) is 4. The lowest BCUT2D eigenvalue weighted by atomic mass is 10.1. The van der Waals surface area contributed by atoms with Gasteiger partial charge in [0, 0.05) is 6.42 Å². The highest BCUT2D eigenvalue weighted by atomic mass is 16.5. The van der Waals surface area contributed by atoms with Gasteiger partial charge in [-0.25, -0.2) is 0 Å². The quantitative estimate of drug-likeness (QED) is 0.597. The third-order valence-electron chi connectivity index (χ3n) is 3.46. The first-order valence-electron chi connectivity index (χ1n) is 7.85. The summed E-state index contributed by atoms with van der Waals surface area (Å²) in [7, 11) is 0. The lowest BCUT2D eigenvalue weighted by Crippen LogP contribution is -2.30. The molecule has 0 saturated carbocycles. The van der Waals surface area contributed by atoms with Crippen molar-refractivity contribution in [3.05, 3.63) is 60.2 Å². The molecule has 2 aromatic rings. The van der Waals surface area contributed by atoms with Crippen LogP contribution < -0.4 is 15.2 Å². The van der Waals surface area contributed by atoms with E-state index in [-0.39, 0.29) is 5.97 Å². The van der Waals surface area contributed by atoms with Gasteiger partial charge < -0.3 is 15.2 Å². The van der Waals surface area contributed by atoms with Crippen LogP contribution in [0.4, 0.5) is 0 Å². The summed E-state index contributed by atoms with van der Waals surface area (Å²) in [5.41, 5.74) is 6.34. The average Bonchev–Trinajstić information content (AvgIpc) is 2.57. The molecule has 5 nitrogen and oxygen atoms in total. The van der Waals surface area contributed by atoms with Crippen LogP contribution in [0.5, 0.6) is 11.5 Å². The fraction of sp³-hybridized carbons (Fsp3) is 0.263. The molecule has 2 aromatic carbocycles. The molecule has 1 atom stereocenters. The Balaban J connectivity index is 1.76. The molecule has 0 aromatic heterocycles. The Morgan fingerprint density at radius 1 is 1.00 bits per heavy atom. The molecule has 0 spiro atoms. The van der Waals surface area contributed by atoms with E-state index in [0.29, 0.717) is 17.9 Å². The van der Waals surface area contributed by atoms with Gasteiger partial charge in [0.25, 0.3) is 5.91 Å². The van der Waals surface area contributed by atoms with Gasteiger partial charge in [0.1, 0.15) is 11.5 Å². The Morgan fingerprint density at radius 3 is 2.25 bits per heavy atom. The number of primary amides is 1. The molecule has 0 unspecified atom stereocenters. The second-order valence-electron chi connectivity index (χ2n) is 5.45. The number of carbonyl (C=O) groups is 2. The maximum absolute atomic E-state index is 11.8. The van der Waals surface area contributed by atoms with Crippen molar-refractivity contribution in [3.63, 3.8) is 0 Å². The second-order valence-corrected chi connectivity index (χ2v) is 5.45. The topological polar surface area (TPSA) is 78.6 Å². The Morgan fingerprint density at radius 2 is 1.62 bits per heavy atom. The highest BCUT2D eigenvalue weighted by Crippen LogP contribution is 2.19. The van der Waals surface area contributed by atoms with Crippen LogP contribution >= 0.6 is 0 Å². The maximum atomic E-state index is 11.8. The summed E-state index contributed by atoms with van der Waals surface area (Å²) in [6, 6.07) is 16.5.